The minimum absolute atomic E-state index is 0.0331. The fourth-order valence-electron chi connectivity index (χ4n) is 5.36. The molecule has 4 rings (SSSR count). The molecule has 0 saturated carbocycles. The van der Waals surface area contributed by atoms with E-state index in [-0.39, 0.29) is 35.8 Å². The van der Waals surface area contributed by atoms with Gasteiger partial charge in [0, 0.05) is 50.2 Å². The number of alkyl halides is 3. The number of halogens is 3. The molecule has 0 unspecified atom stereocenters. The number of aryl methyl sites for hydroxylation is 1. The predicted octanol–water partition coefficient (Wildman–Crippen LogP) is 6.00. The molecule has 1 aliphatic heterocycles. The van der Waals surface area contributed by atoms with Crippen LogP contribution in [0, 0.1) is 6.92 Å². The third-order valence-electron chi connectivity index (χ3n) is 8.23. The lowest BCUT2D eigenvalue weighted by Crippen LogP contribution is -2.45. The molecule has 1 aliphatic rings. The predicted molar refractivity (Wildman–Crippen MR) is 190 cm³/mol. The zero-order valence-electron chi connectivity index (χ0n) is 28.6. The second kappa shape index (κ2) is 16.1. The van der Waals surface area contributed by atoms with Gasteiger partial charge in [0.15, 0.2) is 0 Å². The summed E-state index contributed by atoms with van der Waals surface area (Å²) < 4.78 is 73.0. The summed E-state index contributed by atoms with van der Waals surface area (Å²) in [6.07, 6.45) is 1.31. The zero-order chi connectivity index (χ0) is 36.6. The fraction of sp³-hybridized carbons (Fsp3) is 0.343. The molecule has 2 aromatic carbocycles. The van der Waals surface area contributed by atoms with Crippen LogP contribution in [-0.2, 0) is 32.3 Å². The van der Waals surface area contributed by atoms with Crippen LogP contribution in [-0.4, -0.2) is 63.8 Å². The molecule has 2 heterocycles. The first-order valence-corrected chi connectivity index (χ1v) is 17.6. The van der Waals surface area contributed by atoms with Gasteiger partial charge < -0.3 is 25.6 Å². The molecule has 0 atom stereocenters. The number of ether oxygens (including phenoxy) is 1. The van der Waals surface area contributed by atoms with Crippen molar-refractivity contribution in [2.45, 2.75) is 45.5 Å². The van der Waals surface area contributed by atoms with Crippen molar-refractivity contribution >= 4 is 39.1 Å². The molecule has 268 valence electrons. The molecule has 1 aromatic heterocycles. The SMILES string of the molecule is C=C/C(=C\C(OC)=C(/C)Nc1ncc(C(F)(F)F)c(NCc2ccc(C)cc2N(C)S(C)(=O)=O)n1)C(=O)NC1CCN(c2ccccc2)CC1. The number of hydrogen-bond acceptors (Lipinski definition) is 9. The zero-order valence-corrected chi connectivity index (χ0v) is 29.5. The second-order valence-corrected chi connectivity index (χ2v) is 13.9. The number of methoxy groups -OCH3 is 1. The van der Waals surface area contributed by atoms with Crippen molar-refractivity contribution in [3.63, 3.8) is 0 Å². The molecule has 0 bridgehead atoms. The van der Waals surface area contributed by atoms with Gasteiger partial charge in [-0.2, -0.15) is 18.2 Å². The van der Waals surface area contributed by atoms with Gasteiger partial charge in [-0.25, -0.2) is 13.4 Å². The van der Waals surface area contributed by atoms with E-state index in [9.17, 15) is 26.4 Å². The first-order chi connectivity index (χ1) is 23.6. The Balaban J connectivity index is 1.51. The molecule has 50 heavy (non-hydrogen) atoms. The fourth-order valence-corrected chi connectivity index (χ4v) is 5.88. The Labute approximate surface area is 291 Å². The lowest BCUT2D eigenvalue weighted by molar-refractivity contribution is -0.137. The smallest absolute Gasteiger partial charge is 0.421 e. The van der Waals surface area contributed by atoms with Gasteiger partial charge in [0.25, 0.3) is 5.91 Å². The Morgan fingerprint density at radius 2 is 1.84 bits per heavy atom. The maximum atomic E-state index is 14.0. The summed E-state index contributed by atoms with van der Waals surface area (Å²) in [7, 11) is -0.879. The van der Waals surface area contributed by atoms with Crippen LogP contribution < -0.4 is 25.2 Å². The van der Waals surface area contributed by atoms with Gasteiger partial charge in [-0.3, -0.25) is 9.10 Å². The highest BCUT2D eigenvalue weighted by atomic mass is 32.2. The minimum atomic E-state index is -4.78. The molecule has 0 aliphatic carbocycles. The Hall–Kier alpha value is -5.05. The highest BCUT2D eigenvalue weighted by Crippen LogP contribution is 2.35. The number of nitrogens with one attached hydrogen (secondary N) is 3. The third kappa shape index (κ3) is 9.77. The Kier molecular flexibility index (Phi) is 12.2. The largest absolute Gasteiger partial charge is 0.495 e. The van der Waals surface area contributed by atoms with Crippen molar-refractivity contribution in [3.8, 4) is 0 Å². The van der Waals surface area contributed by atoms with Crippen molar-refractivity contribution in [2.24, 2.45) is 0 Å². The van der Waals surface area contributed by atoms with Crippen LogP contribution in [0.1, 0.15) is 36.5 Å². The van der Waals surface area contributed by atoms with Crippen LogP contribution in [0.3, 0.4) is 0 Å². The number of rotatable bonds is 13. The van der Waals surface area contributed by atoms with E-state index in [1.54, 1.807) is 32.0 Å². The molecule has 3 aromatic rings. The molecular weight excluding hydrogens is 671 g/mol. The van der Waals surface area contributed by atoms with Gasteiger partial charge in [0.1, 0.15) is 17.1 Å². The molecular formula is C35H42F3N7O4S. The summed E-state index contributed by atoms with van der Waals surface area (Å²) >= 11 is 0. The number of benzene rings is 2. The van der Waals surface area contributed by atoms with Crippen LogP contribution in [0.15, 0.2) is 90.5 Å². The van der Waals surface area contributed by atoms with E-state index >= 15 is 0 Å². The summed E-state index contributed by atoms with van der Waals surface area (Å²) in [6, 6.07) is 15.0. The summed E-state index contributed by atoms with van der Waals surface area (Å²) in [5, 5.41) is 8.62. The Morgan fingerprint density at radius 1 is 1.16 bits per heavy atom. The summed E-state index contributed by atoms with van der Waals surface area (Å²) in [5.41, 5.74) is 2.10. The van der Waals surface area contributed by atoms with Gasteiger partial charge in [0.2, 0.25) is 16.0 Å². The van der Waals surface area contributed by atoms with Gasteiger partial charge >= 0.3 is 6.18 Å². The summed E-state index contributed by atoms with van der Waals surface area (Å²) in [5.74, 6) is -0.821. The molecule has 1 fully saturated rings. The molecule has 1 amide bonds. The number of piperidine rings is 1. The third-order valence-corrected chi connectivity index (χ3v) is 9.42. The average molecular weight is 714 g/mol. The van der Waals surface area contributed by atoms with Gasteiger partial charge in [-0.1, -0.05) is 43.0 Å². The summed E-state index contributed by atoms with van der Waals surface area (Å²) in [6.45, 7) is 8.57. The molecule has 1 saturated heterocycles. The number of aromatic nitrogens is 2. The number of hydrogen-bond donors (Lipinski definition) is 3. The van der Waals surface area contributed by atoms with Gasteiger partial charge in [-0.05, 0) is 62.1 Å². The van der Waals surface area contributed by atoms with Crippen molar-refractivity contribution in [1.29, 1.82) is 0 Å². The molecule has 15 heteroatoms. The van der Waals surface area contributed by atoms with Crippen molar-refractivity contribution < 1.29 is 31.1 Å². The van der Waals surface area contributed by atoms with Crippen molar-refractivity contribution in [3.05, 3.63) is 107 Å². The monoisotopic (exact) mass is 713 g/mol. The number of amides is 1. The maximum absolute atomic E-state index is 14.0. The number of sulfonamides is 1. The number of nitrogens with zero attached hydrogens (tertiary/aromatic N) is 4. The van der Waals surface area contributed by atoms with E-state index in [0.29, 0.717) is 23.1 Å². The van der Waals surface area contributed by atoms with Crippen molar-refractivity contribution in [2.75, 3.05) is 53.3 Å². The van der Waals surface area contributed by atoms with Gasteiger partial charge in [0.05, 0.1) is 24.7 Å². The van der Waals surface area contributed by atoms with E-state index in [1.165, 1.54) is 26.3 Å². The average Bonchev–Trinajstić information content (AvgIpc) is 3.07. The number of carbonyl (C=O) groups is 1. The van der Waals surface area contributed by atoms with E-state index < -0.39 is 27.6 Å². The minimum Gasteiger partial charge on any atom is -0.495 e. The molecule has 0 spiro atoms. The quantitative estimate of drug-likeness (QED) is 0.111. The van der Waals surface area contributed by atoms with Crippen LogP contribution >= 0.6 is 0 Å². The first-order valence-electron chi connectivity index (χ1n) is 15.8. The Bertz CT molecular complexity index is 1860. The van der Waals surface area contributed by atoms with Crippen molar-refractivity contribution in [1.82, 2.24) is 15.3 Å². The van der Waals surface area contributed by atoms with Gasteiger partial charge in [-0.15, -0.1) is 0 Å². The van der Waals surface area contributed by atoms with E-state index in [0.717, 1.165) is 47.7 Å². The van der Waals surface area contributed by atoms with Crippen LogP contribution in [0.5, 0.6) is 0 Å². The number of anilines is 4. The number of allylic oxidation sites excluding steroid dienone is 2. The second-order valence-electron chi connectivity index (χ2n) is 11.9. The Morgan fingerprint density at radius 3 is 2.44 bits per heavy atom. The van der Waals surface area contributed by atoms with E-state index in [1.807, 2.05) is 18.2 Å². The van der Waals surface area contributed by atoms with Crippen LogP contribution in [0.25, 0.3) is 0 Å². The highest BCUT2D eigenvalue weighted by Gasteiger charge is 2.35. The molecule has 3 N–H and O–H groups in total. The standard InChI is InChI=1S/C35H42F3N7O4S/c1-7-25(33(46)42-27-15-17-45(18-16-27)28-11-9-8-10-12-28)20-31(49-5)24(3)41-34-40-22-29(35(36,37)38)32(43-34)39-21-26-14-13-23(2)19-30(26)44(4)50(6,47)48/h7-14,19-20,22,27H,1,15-18,21H2,2-6H3,(H,42,46)(H2,39,40,41,43)/b25-20+,31-24-. The molecule has 0 radical (unpaired) electrons. The lowest BCUT2D eigenvalue weighted by atomic mass is 10.0. The highest BCUT2D eigenvalue weighted by molar-refractivity contribution is 7.92. The number of carbonyl (C=O) groups excluding carboxylic acids is 1. The van der Waals surface area contributed by atoms with Crippen LogP contribution in [0.2, 0.25) is 0 Å². The first kappa shape index (κ1) is 37.8. The topological polar surface area (TPSA) is 129 Å². The van der Waals surface area contributed by atoms with E-state index in [4.69, 9.17) is 4.74 Å². The lowest BCUT2D eigenvalue weighted by Gasteiger charge is -2.34. The van der Waals surface area contributed by atoms with E-state index in [2.05, 4.69) is 49.5 Å². The summed E-state index contributed by atoms with van der Waals surface area (Å²) in [4.78, 5) is 23.4. The number of para-hydroxylation sites is 1. The normalized spacial score (nSPS) is 14.8. The maximum Gasteiger partial charge on any atom is 0.421 e. The van der Waals surface area contributed by atoms with Crippen LogP contribution in [0.4, 0.5) is 36.3 Å². The molecule has 11 nitrogen and oxygen atoms in total.